The van der Waals surface area contributed by atoms with Crippen molar-refractivity contribution in [1.29, 1.82) is 0 Å². The number of nitrogens with one attached hydrogen (secondary N) is 3. The van der Waals surface area contributed by atoms with Crippen LogP contribution in [0.5, 0.6) is 0 Å². The number of aryl methyl sites for hydroxylation is 1. The molecule has 2 aromatic heterocycles. The summed E-state index contributed by atoms with van der Waals surface area (Å²) in [6, 6.07) is 5.77. The topological polar surface area (TPSA) is 95.6 Å². The number of carbonyl (C=O) groups is 1. The van der Waals surface area contributed by atoms with E-state index in [1.54, 1.807) is 25.3 Å². The average Bonchev–Trinajstić information content (AvgIpc) is 3.18. The molecular weight excluding hydrogens is 359 g/mol. The van der Waals surface area contributed by atoms with Gasteiger partial charge in [0.05, 0.1) is 12.2 Å². The molecule has 0 unspecified atom stereocenters. The minimum absolute atomic E-state index is 0.0807. The quantitative estimate of drug-likeness (QED) is 0.584. The van der Waals surface area contributed by atoms with Crippen LogP contribution in [0.2, 0.25) is 0 Å². The summed E-state index contributed by atoms with van der Waals surface area (Å²) in [5.74, 6) is -0.0420. The van der Waals surface area contributed by atoms with E-state index in [-0.39, 0.29) is 17.7 Å². The zero-order valence-electron chi connectivity index (χ0n) is 16.1. The van der Waals surface area contributed by atoms with Gasteiger partial charge < -0.3 is 10.6 Å². The third kappa shape index (κ3) is 4.70. The van der Waals surface area contributed by atoms with Crippen molar-refractivity contribution in [3.63, 3.8) is 0 Å². The smallest absolute Gasteiger partial charge is 0.289 e. The van der Waals surface area contributed by atoms with Crippen molar-refractivity contribution in [2.75, 3.05) is 11.9 Å². The van der Waals surface area contributed by atoms with Crippen molar-refractivity contribution < 1.29 is 9.18 Å². The summed E-state index contributed by atoms with van der Waals surface area (Å²) in [6.45, 7) is 6.19. The lowest BCUT2D eigenvalue weighted by Crippen LogP contribution is -2.29. The fourth-order valence-corrected chi connectivity index (χ4v) is 2.76. The SMILES string of the molecule is Cc1nc(C(=O)N[C@@H](C)c2cccc(F)c2)nc(NCCc2cn[nH]c2)c1C. The highest BCUT2D eigenvalue weighted by Gasteiger charge is 2.17. The average molecular weight is 382 g/mol. The molecule has 0 saturated carbocycles. The van der Waals surface area contributed by atoms with E-state index in [0.717, 1.165) is 23.2 Å². The van der Waals surface area contributed by atoms with Crippen molar-refractivity contribution in [2.45, 2.75) is 33.2 Å². The second-order valence-electron chi connectivity index (χ2n) is 6.64. The van der Waals surface area contributed by atoms with Crippen LogP contribution in [0.25, 0.3) is 0 Å². The molecule has 2 heterocycles. The van der Waals surface area contributed by atoms with Crippen LogP contribution >= 0.6 is 0 Å². The van der Waals surface area contributed by atoms with Crippen LogP contribution in [-0.4, -0.2) is 32.6 Å². The second-order valence-corrected chi connectivity index (χ2v) is 6.64. The molecule has 7 nitrogen and oxygen atoms in total. The molecular formula is C20H23FN6O. The van der Waals surface area contributed by atoms with Crippen LogP contribution in [0.15, 0.2) is 36.7 Å². The van der Waals surface area contributed by atoms with Crippen molar-refractivity contribution in [2.24, 2.45) is 0 Å². The zero-order chi connectivity index (χ0) is 20.1. The minimum Gasteiger partial charge on any atom is -0.369 e. The summed E-state index contributed by atoms with van der Waals surface area (Å²) < 4.78 is 13.4. The van der Waals surface area contributed by atoms with Gasteiger partial charge in [0.1, 0.15) is 11.6 Å². The molecule has 0 fully saturated rings. The Morgan fingerprint density at radius 3 is 2.82 bits per heavy atom. The summed E-state index contributed by atoms with van der Waals surface area (Å²) >= 11 is 0. The third-order valence-corrected chi connectivity index (χ3v) is 4.55. The highest BCUT2D eigenvalue weighted by atomic mass is 19.1. The second kappa shape index (κ2) is 8.60. The normalized spacial score (nSPS) is 11.9. The van der Waals surface area contributed by atoms with Crippen LogP contribution in [-0.2, 0) is 6.42 Å². The number of rotatable bonds is 7. The Bertz CT molecular complexity index is 957. The van der Waals surface area contributed by atoms with Crippen LogP contribution in [0.4, 0.5) is 10.2 Å². The number of benzene rings is 1. The third-order valence-electron chi connectivity index (χ3n) is 4.55. The molecule has 0 aliphatic carbocycles. The van der Waals surface area contributed by atoms with Gasteiger partial charge in [-0.05, 0) is 50.5 Å². The molecule has 3 rings (SSSR count). The van der Waals surface area contributed by atoms with E-state index in [1.807, 2.05) is 20.0 Å². The standard InChI is InChI=1S/C20H23FN6O/c1-12-13(2)25-19(27-18(12)22-8-7-15-10-23-24-11-15)20(28)26-14(3)16-5-4-6-17(21)9-16/h4-6,9-11,14H,7-8H2,1-3H3,(H,23,24)(H,26,28)(H,22,25,27)/t14-/m0/s1. The van der Waals surface area contributed by atoms with Gasteiger partial charge >= 0.3 is 0 Å². The molecule has 1 amide bonds. The summed E-state index contributed by atoms with van der Waals surface area (Å²) in [6.07, 6.45) is 4.38. The maximum absolute atomic E-state index is 13.4. The number of halogens is 1. The van der Waals surface area contributed by atoms with Gasteiger partial charge in [-0.2, -0.15) is 5.10 Å². The summed E-state index contributed by atoms with van der Waals surface area (Å²) in [4.78, 5) is 21.3. The van der Waals surface area contributed by atoms with Crippen molar-refractivity contribution in [3.05, 3.63) is 70.7 Å². The van der Waals surface area contributed by atoms with Crippen LogP contribution in [0.1, 0.15) is 46.0 Å². The summed E-state index contributed by atoms with van der Waals surface area (Å²) in [5.41, 5.74) is 3.37. The van der Waals surface area contributed by atoms with Crippen LogP contribution < -0.4 is 10.6 Å². The monoisotopic (exact) mass is 382 g/mol. The minimum atomic E-state index is -0.405. The fourth-order valence-electron chi connectivity index (χ4n) is 2.76. The van der Waals surface area contributed by atoms with E-state index in [9.17, 15) is 9.18 Å². The Balaban J connectivity index is 1.70. The first-order valence-corrected chi connectivity index (χ1v) is 9.07. The lowest BCUT2D eigenvalue weighted by molar-refractivity contribution is 0.0929. The van der Waals surface area contributed by atoms with Crippen LogP contribution in [0, 0.1) is 19.7 Å². The number of carbonyl (C=O) groups excluding carboxylic acids is 1. The molecule has 0 aliphatic heterocycles. The highest BCUT2D eigenvalue weighted by Crippen LogP contribution is 2.17. The Kier molecular flexibility index (Phi) is 5.98. The first kappa shape index (κ1) is 19.5. The fraction of sp³-hybridized carbons (Fsp3) is 0.300. The predicted octanol–water partition coefficient (Wildman–Crippen LogP) is 3.10. The summed E-state index contributed by atoms with van der Waals surface area (Å²) in [5, 5.41) is 12.8. The lowest BCUT2D eigenvalue weighted by atomic mass is 10.1. The van der Waals surface area contributed by atoms with E-state index < -0.39 is 5.91 Å². The number of amides is 1. The number of aromatic nitrogens is 4. The number of aromatic amines is 1. The predicted molar refractivity (Wildman–Crippen MR) is 105 cm³/mol. The number of anilines is 1. The van der Waals surface area contributed by atoms with E-state index in [2.05, 4.69) is 30.8 Å². The van der Waals surface area contributed by atoms with Gasteiger partial charge in [0.2, 0.25) is 5.82 Å². The first-order valence-electron chi connectivity index (χ1n) is 9.07. The van der Waals surface area contributed by atoms with Crippen molar-refractivity contribution in [3.8, 4) is 0 Å². The van der Waals surface area contributed by atoms with Crippen molar-refractivity contribution in [1.82, 2.24) is 25.5 Å². The first-order chi connectivity index (χ1) is 13.4. The van der Waals surface area contributed by atoms with E-state index >= 15 is 0 Å². The molecule has 146 valence electrons. The van der Waals surface area contributed by atoms with Gasteiger partial charge in [-0.1, -0.05) is 12.1 Å². The Morgan fingerprint density at radius 2 is 2.11 bits per heavy atom. The Morgan fingerprint density at radius 1 is 1.29 bits per heavy atom. The van der Waals surface area contributed by atoms with Crippen molar-refractivity contribution >= 4 is 11.7 Å². The number of H-pyrrole nitrogens is 1. The number of hydrogen-bond acceptors (Lipinski definition) is 5. The summed E-state index contributed by atoms with van der Waals surface area (Å²) in [7, 11) is 0. The number of nitrogens with zero attached hydrogens (tertiary/aromatic N) is 3. The molecule has 0 radical (unpaired) electrons. The lowest BCUT2D eigenvalue weighted by Gasteiger charge is -2.15. The Hall–Kier alpha value is -3.29. The number of hydrogen-bond donors (Lipinski definition) is 3. The molecule has 0 spiro atoms. The Labute approximate surface area is 162 Å². The van der Waals surface area contributed by atoms with Gasteiger partial charge in [0.25, 0.3) is 5.91 Å². The molecule has 28 heavy (non-hydrogen) atoms. The molecule has 0 saturated heterocycles. The van der Waals surface area contributed by atoms with Gasteiger partial charge in [0.15, 0.2) is 0 Å². The van der Waals surface area contributed by atoms with E-state index in [0.29, 0.717) is 17.9 Å². The molecule has 3 aromatic rings. The van der Waals surface area contributed by atoms with E-state index in [1.165, 1.54) is 12.1 Å². The van der Waals surface area contributed by atoms with Gasteiger partial charge in [0, 0.05) is 24.0 Å². The maximum atomic E-state index is 13.4. The van der Waals surface area contributed by atoms with E-state index in [4.69, 9.17) is 0 Å². The van der Waals surface area contributed by atoms with Gasteiger partial charge in [-0.25, -0.2) is 14.4 Å². The largest absolute Gasteiger partial charge is 0.369 e. The highest BCUT2D eigenvalue weighted by molar-refractivity contribution is 5.91. The zero-order valence-corrected chi connectivity index (χ0v) is 16.1. The molecule has 0 aliphatic rings. The van der Waals surface area contributed by atoms with Gasteiger partial charge in [-0.15, -0.1) is 0 Å². The molecule has 8 heteroatoms. The maximum Gasteiger partial charge on any atom is 0.289 e. The van der Waals surface area contributed by atoms with Crippen LogP contribution in [0.3, 0.4) is 0 Å². The van der Waals surface area contributed by atoms with Gasteiger partial charge in [-0.3, -0.25) is 9.89 Å². The molecule has 1 aromatic carbocycles. The molecule has 0 bridgehead atoms. The molecule has 3 N–H and O–H groups in total. The molecule has 1 atom stereocenters.